The van der Waals surface area contributed by atoms with Crippen LogP contribution in [0.15, 0.2) is 35.6 Å². The molecule has 0 aliphatic carbocycles. The molecule has 0 spiro atoms. The highest BCUT2D eigenvalue weighted by Crippen LogP contribution is 2.29. The van der Waals surface area contributed by atoms with E-state index in [1.54, 1.807) is 0 Å². The molecule has 92 valence electrons. The van der Waals surface area contributed by atoms with Gasteiger partial charge in [-0.3, -0.25) is 4.79 Å². The molecule has 0 radical (unpaired) electrons. The Bertz CT molecular complexity index is 630. The van der Waals surface area contributed by atoms with Crippen molar-refractivity contribution in [3.05, 3.63) is 36.0 Å². The first-order valence-corrected chi connectivity index (χ1v) is 5.95. The Kier molecular flexibility index (Phi) is 2.44. The monoisotopic (exact) mass is 242 g/mol. The van der Waals surface area contributed by atoms with Crippen LogP contribution in [0.5, 0.6) is 0 Å². The molecule has 3 rings (SSSR count). The number of hydrogen-bond acceptors (Lipinski definition) is 3. The standard InChI is InChI=1S/C14H14N2O2/c1-10-6-14(9-17,18-16-10)7-11-8-15-13-5-3-2-4-12(11)13/h2-5,8-9,15H,6-7H2,1H3. The number of aromatic nitrogens is 1. The molecule has 0 bridgehead atoms. The smallest absolute Gasteiger partial charge is 0.201 e. The van der Waals surface area contributed by atoms with E-state index >= 15 is 0 Å². The molecule has 0 fully saturated rings. The molecule has 1 unspecified atom stereocenters. The Balaban J connectivity index is 1.94. The van der Waals surface area contributed by atoms with Crippen molar-refractivity contribution in [1.82, 2.24) is 4.98 Å². The fourth-order valence-electron chi connectivity index (χ4n) is 2.47. The van der Waals surface area contributed by atoms with Crippen molar-refractivity contribution in [3.63, 3.8) is 0 Å². The molecular weight excluding hydrogens is 228 g/mol. The molecule has 1 N–H and O–H groups in total. The number of rotatable bonds is 3. The summed E-state index contributed by atoms with van der Waals surface area (Å²) in [6, 6.07) is 8.04. The number of aromatic amines is 1. The van der Waals surface area contributed by atoms with Crippen molar-refractivity contribution in [2.24, 2.45) is 5.16 Å². The predicted molar refractivity (Wildman–Crippen MR) is 69.6 cm³/mol. The van der Waals surface area contributed by atoms with Gasteiger partial charge in [-0.15, -0.1) is 0 Å². The van der Waals surface area contributed by atoms with Gasteiger partial charge >= 0.3 is 0 Å². The lowest BCUT2D eigenvalue weighted by Gasteiger charge is -2.19. The van der Waals surface area contributed by atoms with Gasteiger partial charge in [-0.05, 0) is 18.6 Å². The van der Waals surface area contributed by atoms with Crippen LogP contribution in [0.3, 0.4) is 0 Å². The third-order valence-electron chi connectivity index (χ3n) is 3.32. The highest BCUT2D eigenvalue weighted by atomic mass is 16.7. The van der Waals surface area contributed by atoms with Crippen molar-refractivity contribution < 1.29 is 9.63 Å². The number of hydrogen-bond donors (Lipinski definition) is 1. The van der Waals surface area contributed by atoms with Gasteiger partial charge < -0.3 is 9.82 Å². The zero-order valence-electron chi connectivity index (χ0n) is 10.1. The maximum absolute atomic E-state index is 11.3. The number of carbonyl (C=O) groups excluding carboxylic acids is 1. The van der Waals surface area contributed by atoms with Crippen LogP contribution in [0.25, 0.3) is 10.9 Å². The van der Waals surface area contributed by atoms with Crippen LogP contribution < -0.4 is 0 Å². The average Bonchev–Trinajstić information content (AvgIpc) is 2.96. The summed E-state index contributed by atoms with van der Waals surface area (Å²) >= 11 is 0. The van der Waals surface area contributed by atoms with Crippen molar-refractivity contribution in [1.29, 1.82) is 0 Å². The summed E-state index contributed by atoms with van der Waals surface area (Å²) in [4.78, 5) is 19.9. The van der Waals surface area contributed by atoms with Gasteiger partial charge in [-0.1, -0.05) is 23.4 Å². The molecule has 1 aromatic carbocycles. The highest BCUT2D eigenvalue weighted by Gasteiger charge is 2.38. The summed E-state index contributed by atoms with van der Waals surface area (Å²) in [6.45, 7) is 1.88. The Morgan fingerprint density at radius 3 is 3.06 bits per heavy atom. The highest BCUT2D eigenvalue weighted by molar-refractivity contribution is 5.89. The Morgan fingerprint density at radius 2 is 2.33 bits per heavy atom. The van der Waals surface area contributed by atoms with Crippen LogP contribution in [0.4, 0.5) is 0 Å². The van der Waals surface area contributed by atoms with Gasteiger partial charge in [0.1, 0.15) is 0 Å². The zero-order valence-corrected chi connectivity index (χ0v) is 10.1. The average molecular weight is 242 g/mol. The minimum absolute atomic E-state index is 0.543. The number of benzene rings is 1. The van der Waals surface area contributed by atoms with Crippen LogP contribution in [-0.2, 0) is 16.1 Å². The van der Waals surface area contributed by atoms with Crippen molar-refractivity contribution >= 4 is 22.9 Å². The molecule has 0 amide bonds. The predicted octanol–water partition coefficient (Wildman–Crippen LogP) is 2.44. The number of carbonyl (C=O) groups is 1. The topological polar surface area (TPSA) is 54.4 Å². The molecule has 4 nitrogen and oxygen atoms in total. The number of para-hydroxylation sites is 1. The van der Waals surface area contributed by atoms with E-state index in [9.17, 15) is 4.79 Å². The SMILES string of the molecule is CC1=NOC(C=O)(Cc2c[nH]c3ccccc23)C1. The molecule has 0 saturated carbocycles. The van der Waals surface area contributed by atoms with Crippen molar-refractivity contribution in [3.8, 4) is 0 Å². The van der Waals surface area contributed by atoms with E-state index in [4.69, 9.17) is 4.84 Å². The van der Waals surface area contributed by atoms with Crippen LogP contribution in [0.2, 0.25) is 0 Å². The van der Waals surface area contributed by atoms with E-state index in [0.717, 1.165) is 28.5 Å². The summed E-state index contributed by atoms with van der Waals surface area (Å²) in [7, 11) is 0. The largest absolute Gasteiger partial charge is 0.381 e. The van der Waals surface area contributed by atoms with E-state index in [2.05, 4.69) is 10.1 Å². The maximum atomic E-state index is 11.3. The normalized spacial score (nSPS) is 22.8. The number of nitrogens with zero attached hydrogens (tertiary/aromatic N) is 1. The third-order valence-corrected chi connectivity index (χ3v) is 3.32. The second-order valence-electron chi connectivity index (χ2n) is 4.81. The quantitative estimate of drug-likeness (QED) is 0.840. The molecule has 4 heteroatoms. The first-order chi connectivity index (χ1) is 8.72. The molecule has 18 heavy (non-hydrogen) atoms. The molecule has 2 aromatic rings. The Morgan fingerprint density at radius 1 is 1.50 bits per heavy atom. The summed E-state index contributed by atoms with van der Waals surface area (Å²) in [5.41, 5.74) is 2.20. The number of nitrogens with one attached hydrogen (secondary N) is 1. The van der Waals surface area contributed by atoms with E-state index in [1.165, 1.54) is 0 Å². The zero-order chi connectivity index (χ0) is 12.6. The molecule has 1 aromatic heterocycles. The molecule has 1 atom stereocenters. The van der Waals surface area contributed by atoms with E-state index in [1.807, 2.05) is 37.4 Å². The molecule has 0 saturated heterocycles. The lowest BCUT2D eigenvalue weighted by atomic mass is 9.91. The van der Waals surface area contributed by atoms with Crippen LogP contribution in [-0.4, -0.2) is 22.6 Å². The second-order valence-corrected chi connectivity index (χ2v) is 4.81. The molecule has 1 aliphatic rings. The molecule has 1 aliphatic heterocycles. The first-order valence-electron chi connectivity index (χ1n) is 5.95. The number of oxime groups is 1. The lowest BCUT2D eigenvalue weighted by Crippen LogP contribution is -2.33. The number of H-pyrrole nitrogens is 1. The Hall–Kier alpha value is -2.10. The summed E-state index contributed by atoms with van der Waals surface area (Å²) < 4.78 is 0. The first kappa shape index (κ1) is 11.0. The molecular formula is C14H14N2O2. The van der Waals surface area contributed by atoms with Crippen molar-refractivity contribution in [2.75, 3.05) is 0 Å². The van der Waals surface area contributed by atoms with Gasteiger partial charge in [0.2, 0.25) is 5.60 Å². The summed E-state index contributed by atoms with van der Waals surface area (Å²) in [6.07, 6.45) is 3.92. The van der Waals surface area contributed by atoms with Crippen LogP contribution in [0, 0.1) is 0 Å². The fourth-order valence-corrected chi connectivity index (χ4v) is 2.47. The Labute approximate surface area is 105 Å². The van der Waals surface area contributed by atoms with Gasteiger partial charge in [0.15, 0.2) is 6.29 Å². The minimum atomic E-state index is -0.824. The summed E-state index contributed by atoms with van der Waals surface area (Å²) in [5.74, 6) is 0. The minimum Gasteiger partial charge on any atom is -0.381 e. The summed E-state index contributed by atoms with van der Waals surface area (Å²) in [5, 5.41) is 5.03. The van der Waals surface area contributed by atoms with Gasteiger partial charge in [0.05, 0.1) is 5.71 Å². The second kappa shape index (κ2) is 3.98. The number of aldehydes is 1. The van der Waals surface area contributed by atoms with Crippen molar-refractivity contribution in [2.45, 2.75) is 25.4 Å². The van der Waals surface area contributed by atoms with Gasteiger partial charge in [-0.2, -0.15) is 0 Å². The van der Waals surface area contributed by atoms with E-state index in [0.29, 0.717) is 12.8 Å². The lowest BCUT2D eigenvalue weighted by molar-refractivity contribution is -0.127. The van der Waals surface area contributed by atoms with Crippen LogP contribution in [0.1, 0.15) is 18.9 Å². The van der Waals surface area contributed by atoms with E-state index < -0.39 is 5.60 Å². The third kappa shape index (κ3) is 1.70. The van der Waals surface area contributed by atoms with Gasteiger partial charge in [-0.25, -0.2) is 0 Å². The maximum Gasteiger partial charge on any atom is 0.201 e. The number of fused-ring (bicyclic) bond motifs is 1. The van der Waals surface area contributed by atoms with Crippen LogP contribution >= 0.6 is 0 Å². The molecule has 2 heterocycles. The fraction of sp³-hybridized carbons (Fsp3) is 0.286. The van der Waals surface area contributed by atoms with E-state index in [-0.39, 0.29) is 0 Å². The van der Waals surface area contributed by atoms with Gasteiger partial charge in [0.25, 0.3) is 0 Å². The van der Waals surface area contributed by atoms with Gasteiger partial charge in [0, 0.05) is 29.9 Å².